The summed E-state index contributed by atoms with van der Waals surface area (Å²) in [6.07, 6.45) is 4.71. The molecule has 1 fully saturated rings. The van der Waals surface area contributed by atoms with Crippen molar-refractivity contribution in [3.05, 3.63) is 18.1 Å². The lowest BCUT2D eigenvalue weighted by atomic mass is 10.4. The maximum absolute atomic E-state index is 11.3. The van der Waals surface area contributed by atoms with Gasteiger partial charge in [-0.2, -0.15) is 0 Å². The summed E-state index contributed by atoms with van der Waals surface area (Å²) in [6.45, 7) is 5.52. The van der Waals surface area contributed by atoms with Gasteiger partial charge in [-0.1, -0.05) is 6.92 Å². The molecule has 0 atom stereocenters. The average molecular weight is 268 g/mol. The van der Waals surface area contributed by atoms with Gasteiger partial charge in [0, 0.05) is 48.1 Å². The van der Waals surface area contributed by atoms with E-state index in [9.17, 15) is 4.21 Å². The maximum Gasteiger partial charge on any atom is 0.147 e. The van der Waals surface area contributed by atoms with Crippen molar-refractivity contribution in [3.63, 3.8) is 0 Å². The van der Waals surface area contributed by atoms with Crippen LogP contribution in [0, 0.1) is 0 Å². The minimum atomic E-state index is -0.648. The summed E-state index contributed by atoms with van der Waals surface area (Å²) < 4.78 is 11.3. The Balaban J connectivity index is 1.96. The second kappa shape index (κ2) is 6.80. The van der Waals surface area contributed by atoms with E-state index in [0.29, 0.717) is 0 Å². The minimum Gasteiger partial charge on any atom is -0.353 e. The van der Waals surface area contributed by atoms with Crippen LogP contribution in [-0.2, 0) is 17.3 Å². The SMILES string of the molecule is CCCNCc1cncc(N2CCS(=O)CC2)n1. The first-order valence-electron chi connectivity index (χ1n) is 6.41. The van der Waals surface area contributed by atoms with E-state index in [4.69, 9.17) is 0 Å². The topological polar surface area (TPSA) is 58.1 Å². The molecule has 100 valence electrons. The largest absolute Gasteiger partial charge is 0.353 e. The zero-order chi connectivity index (χ0) is 12.8. The lowest BCUT2D eigenvalue weighted by Crippen LogP contribution is -2.38. The fraction of sp³-hybridized carbons (Fsp3) is 0.667. The van der Waals surface area contributed by atoms with E-state index in [-0.39, 0.29) is 0 Å². The van der Waals surface area contributed by atoms with Gasteiger partial charge in [-0.05, 0) is 13.0 Å². The Bertz CT molecular complexity index is 403. The molecule has 6 heteroatoms. The molecule has 5 nitrogen and oxygen atoms in total. The fourth-order valence-electron chi connectivity index (χ4n) is 1.89. The van der Waals surface area contributed by atoms with E-state index >= 15 is 0 Å². The smallest absolute Gasteiger partial charge is 0.147 e. The number of nitrogens with zero attached hydrogens (tertiary/aromatic N) is 3. The van der Waals surface area contributed by atoms with Crippen LogP contribution in [0.4, 0.5) is 5.82 Å². The highest BCUT2D eigenvalue weighted by Gasteiger charge is 2.16. The molecule has 1 aromatic heterocycles. The highest BCUT2D eigenvalue weighted by atomic mass is 32.2. The highest BCUT2D eigenvalue weighted by Crippen LogP contribution is 2.12. The lowest BCUT2D eigenvalue weighted by Gasteiger charge is -2.27. The molecule has 0 saturated carbocycles. The quantitative estimate of drug-likeness (QED) is 0.790. The first kappa shape index (κ1) is 13.4. The number of aromatic nitrogens is 2. The van der Waals surface area contributed by atoms with Gasteiger partial charge < -0.3 is 10.2 Å². The number of hydrogen-bond donors (Lipinski definition) is 1. The van der Waals surface area contributed by atoms with Crippen molar-refractivity contribution in [2.24, 2.45) is 0 Å². The molecule has 0 aromatic carbocycles. The van der Waals surface area contributed by atoms with Crippen molar-refractivity contribution in [2.75, 3.05) is 36.0 Å². The van der Waals surface area contributed by atoms with Crippen molar-refractivity contribution in [1.82, 2.24) is 15.3 Å². The molecule has 1 aromatic rings. The Kier molecular flexibility index (Phi) is 5.07. The first-order valence-corrected chi connectivity index (χ1v) is 7.90. The van der Waals surface area contributed by atoms with Gasteiger partial charge in [0.25, 0.3) is 0 Å². The Morgan fingerprint density at radius 3 is 2.89 bits per heavy atom. The van der Waals surface area contributed by atoms with Crippen LogP contribution in [0.1, 0.15) is 19.0 Å². The van der Waals surface area contributed by atoms with Gasteiger partial charge in [-0.3, -0.25) is 9.19 Å². The third-order valence-corrected chi connectivity index (χ3v) is 4.18. The van der Waals surface area contributed by atoms with Crippen molar-refractivity contribution in [1.29, 1.82) is 0 Å². The van der Waals surface area contributed by atoms with Gasteiger partial charge in [-0.15, -0.1) is 0 Å². The Hall–Kier alpha value is -1.01. The van der Waals surface area contributed by atoms with E-state index in [1.807, 2.05) is 0 Å². The minimum absolute atomic E-state index is 0.648. The summed E-state index contributed by atoms with van der Waals surface area (Å²) in [4.78, 5) is 11.0. The van der Waals surface area contributed by atoms with Crippen LogP contribution in [0.3, 0.4) is 0 Å². The lowest BCUT2D eigenvalue weighted by molar-refractivity contribution is 0.658. The molecule has 0 aliphatic carbocycles. The van der Waals surface area contributed by atoms with Crippen molar-refractivity contribution in [2.45, 2.75) is 19.9 Å². The predicted molar refractivity (Wildman–Crippen MR) is 74.1 cm³/mol. The summed E-state index contributed by atoms with van der Waals surface area (Å²) in [7, 11) is -0.648. The monoisotopic (exact) mass is 268 g/mol. The molecular formula is C12H20N4OS. The van der Waals surface area contributed by atoms with E-state index in [1.165, 1.54) is 0 Å². The molecule has 1 aliphatic heterocycles. The molecule has 0 amide bonds. The van der Waals surface area contributed by atoms with E-state index < -0.39 is 10.8 Å². The molecule has 2 rings (SSSR count). The molecule has 0 unspecified atom stereocenters. The second-order valence-electron chi connectivity index (χ2n) is 4.38. The Labute approximate surface area is 110 Å². The second-order valence-corrected chi connectivity index (χ2v) is 6.08. The molecule has 0 spiro atoms. The van der Waals surface area contributed by atoms with Gasteiger partial charge >= 0.3 is 0 Å². The molecule has 1 N–H and O–H groups in total. The van der Waals surface area contributed by atoms with Crippen LogP contribution >= 0.6 is 0 Å². The van der Waals surface area contributed by atoms with Crippen LogP contribution in [0.2, 0.25) is 0 Å². The number of rotatable bonds is 5. The summed E-state index contributed by atoms with van der Waals surface area (Å²) in [5.74, 6) is 2.38. The molecule has 1 aliphatic rings. The van der Waals surface area contributed by atoms with Crippen LogP contribution in [0.25, 0.3) is 0 Å². The number of hydrogen-bond acceptors (Lipinski definition) is 5. The fourth-order valence-corrected chi connectivity index (χ4v) is 2.94. The van der Waals surface area contributed by atoms with E-state index in [0.717, 1.165) is 55.6 Å². The van der Waals surface area contributed by atoms with Crippen LogP contribution in [0.5, 0.6) is 0 Å². The summed E-state index contributed by atoms with van der Waals surface area (Å²) in [5, 5.41) is 3.32. The molecule has 0 radical (unpaired) electrons. The normalized spacial score (nSPS) is 17.1. The number of nitrogens with one attached hydrogen (secondary N) is 1. The molecule has 1 saturated heterocycles. The summed E-state index contributed by atoms with van der Waals surface area (Å²) >= 11 is 0. The third-order valence-electron chi connectivity index (χ3n) is 2.91. The van der Waals surface area contributed by atoms with E-state index in [2.05, 4.69) is 27.1 Å². The Morgan fingerprint density at radius 2 is 2.17 bits per heavy atom. The van der Waals surface area contributed by atoms with Gasteiger partial charge in [0.15, 0.2) is 0 Å². The van der Waals surface area contributed by atoms with Gasteiger partial charge in [-0.25, -0.2) is 4.98 Å². The summed E-state index contributed by atoms with van der Waals surface area (Å²) in [5.41, 5.74) is 0.965. The highest BCUT2D eigenvalue weighted by molar-refractivity contribution is 7.85. The first-order chi connectivity index (χ1) is 8.79. The standard InChI is InChI=1S/C12H20N4OS/c1-2-3-13-8-11-9-14-10-12(15-11)16-4-6-18(17)7-5-16/h9-10,13H,2-8H2,1H3. The van der Waals surface area contributed by atoms with Gasteiger partial charge in [0.05, 0.1) is 11.9 Å². The third kappa shape index (κ3) is 3.74. The molecule has 18 heavy (non-hydrogen) atoms. The van der Waals surface area contributed by atoms with Crippen LogP contribution in [0.15, 0.2) is 12.4 Å². The van der Waals surface area contributed by atoms with Crippen molar-refractivity contribution < 1.29 is 4.21 Å². The average Bonchev–Trinajstić information content (AvgIpc) is 2.40. The maximum atomic E-state index is 11.3. The van der Waals surface area contributed by atoms with Gasteiger partial charge in [0.1, 0.15) is 5.82 Å². The van der Waals surface area contributed by atoms with Crippen molar-refractivity contribution in [3.8, 4) is 0 Å². The zero-order valence-electron chi connectivity index (χ0n) is 10.8. The van der Waals surface area contributed by atoms with Crippen LogP contribution in [-0.4, -0.2) is 45.3 Å². The van der Waals surface area contributed by atoms with Gasteiger partial charge in [0.2, 0.25) is 0 Å². The van der Waals surface area contributed by atoms with E-state index in [1.54, 1.807) is 12.4 Å². The molecular weight excluding hydrogens is 248 g/mol. The van der Waals surface area contributed by atoms with Crippen LogP contribution < -0.4 is 10.2 Å². The summed E-state index contributed by atoms with van der Waals surface area (Å²) in [6, 6.07) is 0. The predicted octanol–water partition coefficient (Wildman–Crippen LogP) is 0.545. The molecule has 2 heterocycles. The zero-order valence-corrected chi connectivity index (χ0v) is 11.6. The molecule has 0 bridgehead atoms. The Morgan fingerprint density at radius 1 is 1.39 bits per heavy atom. The number of anilines is 1. The van der Waals surface area contributed by atoms with Crippen molar-refractivity contribution >= 4 is 16.6 Å².